The lowest BCUT2D eigenvalue weighted by Crippen LogP contribution is -2.19. The summed E-state index contributed by atoms with van der Waals surface area (Å²) in [5.41, 5.74) is 4.91. The van der Waals surface area contributed by atoms with E-state index in [0.717, 1.165) is 35.9 Å². The minimum absolute atomic E-state index is 0.0837. The van der Waals surface area contributed by atoms with E-state index in [0.29, 0.717) is 35.1 Å². The van der Waals surface area contributed by atoms with Gasteiger partial charge in [0.15, 0.2) is 0 Å². The van der Waals surface area contributed by atoms with Gasteiger partial charge in [0.25, 0.3) is 0 Å². The molecule has 1 aliphatic heterocycles. The van der Waals surface area contributed by atoms with Gasteiger partial charge in [0.1, 0.15) is 22.8 Å². The average Bonchev–Trinajstić information content (AvgIpc) is 3.60. The molecule has 0 spiro atoms. The summed E-state index contributed by atoms with van der Waals surface area (Å²) in [5, 5.41) is 4.52. The first-order chi connectivity index (χ1) is 17.5. The molecule has 1 saturated carbocycles. The maximum Gasteiger partial charge on any atom is 0.135 e. The van der Waals surface area contributed by atoms with Crippen molar-refractivity contribution in [3.8, 4) is 11.3 Å². The number of aromatic nitrogens is 5. The average molecular weight is 492 g/mol. The fraction of sp³-hybridized carbons (Fsp3) is 0.407. The number of rotatable bonds is 6. The highest BCUT2D eigenvalue weighted by Crippen LogP contribution is 2.40. The van der Waals surface area contributed by atoms with E-state index in [-0.39, 0.29) is 24.2 Å². The third-order valence-corrected chi connectivity index (χ3v) is 7.03. The van der Waals surface area contributed by atoms with Crippen molar-refractivity contribution in [3.63, 3.8) is 0 Å². The molecule has 186 valence electrons. The van der Waals surface area contributed by atoms with Gasteiger partial charge in [-0.05, 0) is 50.8 Å². The smallest absolute Gasteiger partial charge is 0.135 e. The number of nitrogens with zero attached hydrogens (tertiary/aromatic N) is 5. The standard InChI is InChI=1S/C27H27F2N5O2/c1-15-24(14-35-2)33-27-23(31-15)11-22(32-26(27)20-6-3-18(28)10-21(20)29)16-7-8-36-25(9-16)17-12-30-34(13-17)19-4-5-19/h3,6,10-13,16,19,25H,4-5,7-9,14H2,1-2H3/t16-,25+/m0/s1. The number of hydrogen-bond donors (Lipinski definition) is 0. The van der Waals surface area contributed by atoms with Crippen molar-refractivity contribution in [3.05, 3.63) is 70.9 Å². The second-order valence-electron chi connectivity index (χ2n) is 9.64. The minimum atomic E-state index is -0.686. The van der Waals surface area contributed by atoms with Crippen LogP contribution in [-0.4, -0.2) is 38.4 Å². The first kappa shape index (κ1) is 23.1. The zero-order valence-electron chi connectivity index (χ0n) is 20.2. The maximum absolute atomic E-state index is 14.9. The minimum Gasteiger partial charge on any atom is -0.378 e. The second kappa shape index (κ2) is 9.29. The molecule has 2 fully saturated rings. The van der Waals surface area contributed by atoms with Gasteiger partial charge in [0.2, 0.25) is 0 Å². The molecule has 0 unspecified atom stereocenters. The molecule has 0 bridgehead atoms. The molecule has 4 aromatic rings. The molecule has 1 aliphatic carbocycles. The Bertz CT molecular complexity index is 1440. The number of hydrogen-bond acceptors (Lipinski definition) is 6. The van der Waals surface area contributed by atoms with Gasteiger partial charge in [-0.1, -0.05) is 0 Å². The van der Waals surface area contributed by atoms with Crippen LogP contribution in [0, 0.1) is 18.6 Å². The summed E-state index contributed by atoms with van der Waals surface area (Å²) < 4.78 is 42.0. The number of ether oxygens (including phenoxy) is 2. The van der Waals surface area contributed by atoms with Crippen molar-refractivity contribution in [1.82, 2.24) is 24.7 Å². The van der Waals surface area contributed by atoms with Crippen LogP contribution in [0.1, 0.15) is 66.4 Å². The van der Waals surface area contributed by atoms with E-state index in [9.17, 15) is 8.78 Å². The van der Waals surface area contributed by atoms with Crippen molar-refractivity contribution in [1.29, 1.82) is 0 Å². The molecule has 7 nitrogen and oxygen atoms in total. The van der Waals surface area contributed by atoms with E-state index in [1.165, 1.54) is 25.0 Å². The summed E-state index contributed by atoms with van der Waals surface area (Å²) in [6, 6.07) is 5.97. The molecule has 4 heterocycles. The lowest BCUT2D eigenvalue weighted by Gasteiger charge is -2.29. The van der Waals surface area contributed by atoms with Gasteiger partial charge in [0.05, 0.1) is 41.9 Å². The van der Waals surface area contributed by atoms with Crippen LogP contribution >= 0.6 is 0 Å². The first-order valence-electron chi connectivity index (χ1n) is 12.3. The molecular weight excluding hydrogens is 464 g/mol. The lowest BCUT2D eigenvalue weighted by atomic mass is 9.89. The van der Waals surface area contributed by atoms with Gasteiger partial charge in [-0.3, -0.25) is 4.68 Å². The maximum atomic E-state index is 14.9. The summed E-state index contributed by atoms with van der Waals surface area (Å²) in [7, 11) is 1.59. The fourth-order valence-electron chi connectivity index (χ4n) is 4.91. The Hall–Kier alpha value is -3.30. The Labute approximate surface area is 207 Å². The summed E-state index contributed by atoms with van der Waals surface area (Å²) in [6.45, 7) is 2.74. The molecule has 36 heavy (non-hydrogen) atoms. The number of aryl methyl sites for hydroxylation is 1. The normalized spacial score (nSPS) is 20.2. The van der Waals surface area contributed by atoms with Gasteiger partial charge < -0.3 is 9.47 Å². The number of fused-ring (bicyclic) bond motifs is 1. The molecule has 3 aromatic heterocycles. The van der Waals surface area contributed by atoms with Gasteiger partial charge in [-0.2, -0.15) is 5.10 Å². The van der Waals surface area contributed by atoms with Crippen molar-refractivity contribution in [2.24, 2.45) is 0 Å². The van der Waals surface area contributed by atoms with Crippen molar-refractivity contribution in [2.45, 2.75) is 57.3 Å². The number of methoxy groups -OCH3 is 1. The van der Waals surface area contributed by atoms with Gasteiger partial charge in [0, 0.05) is 48.7 Å². The van der Waals surface area contributed by atoms with E-state index in [2.05, 4.69) is 11.3 Å². The summed E-state index contributed by atoms with van der Waals surface area (Å²) in [6.07, 6.45) is 7.75. The topological polar surface area (TPSA) is 75.0 Å². The fourth-order valence-corrected chi connectivity index (χ4v) is 4.91. The molecule has 2 atom stereocenters. The zero-order valence-corrected chi connectivity index (χ0v) is 20.2. The Balaban J connectivity index is 1.42. The van der Waals surface area contributed by atoms with Crippen LogP contribution < -0.4 is 0 Å². The molecule has 2 aliphatic rings. The Morgan fingerprint density at radius 2 is 1.97 bits per heavy atom. The quantitative estimate of drug-likeness (QED) is 0.350. The van der Waals surface area contributed by atoms with Crippen molar-refractivity contribution >= 4 is 11.0 Å². The van der Waals surface area contributed by atoms with Crippen LogP contribution in [0.4, 0.5) is 8.78 Å². The van der Waals surface area contributed by atoms with Crippen LogP contribution in [0.3, 0.4) is 0 Å². The van der Waals surface area contributed by atoms with Crippen molar-refractivity contribution in [2.75, 3.05) is 13.7 Å². The highest BCUT2D eigenvalue weighted by atomic mass is 19.1. The molecule has 1 saturated heterocycles. The van der Waals surface area contributed by atoms with E-state index < -0.39 is 11.6 Å². The van der Waals surface area contributed by atoms with Crippen LogP contribution in [0.15, 0.2) is 36.7 Å². The third-order valence-electron chi connectivity index (χ3n) is 7.03. The Morgan fingerprint density at radius 3 is 2.75 bits per heavy atom. The largest absolute Gasteiger partial charge is 0.378 e. The summed E-state index contributed by atoms with van der Waals surface area (Å²) in [5.74, 6) is -1.24. The molecule has 1 aromatic carbocycles. The number of halogens is 2. The lowest BCUT2D eigenvalue weighted by molar-refractivity contribution is 0.00462. The van der Waals surface area contributed by atoms with Crippen LogP contribution in [-0.2, 0) is 16.1 Å². The summed E-state index contributed by atoms with van der Waals surface area (Å²) >= 11 is 0. The van der Waals surface area contributed by atoms with Crippen LogP contribution in [0.25, 0.3) is 22.3 Å². The van der Waals surface area contributed by atoms with E-state index in [1.54, 1.807) is 7.11 Å². The van der Waals surface area contributed by atoms with Gasteiger partial charge in [-0.25, -0.2) is 23.7 Å². The van der Waals surface area contributed by atoms with Crippen LogP contribution in [0.2, 0.25) is 0 Å². The SMILES string of the molecule is COCc1nc2c(-c3ccc(F)cc3F)nc([C@H]3CCO[C@@H](c4cnn(C5CC5)c4)C3)cc2nc1C. The van der Waals surface area contributed by atoms with E-state index >= 15 is 0 Å². The second-order valence-corrected chi connectivity index (χ2v) is 9.64. The number of benzene rings is 1. The van der Waals surface area contributed by atoms with Gasteiger partial charge in [-0.15, -0.1) is 0 Å². The van der Waals surface area contributed by atoms with Crippen molar-refractivity contribution < 1.29 is 18.3 Å². The Kier molecular flexibility index (Phi) is 5.97. The number of pyridine rings is 1. The van der Waals surface area contributed by atoms with E-state index in [1.807, 2.05) is 23.9 Å². The molecule has 0 N–H and O–H groups in total. The highest BCUT2D eigenvalue weighted by molar-refractivity contribution is 5.89. The predicted molar refractivity (Wildman–Crippen MR) is 129 cm³/mol. The highest BCUT2D eigenvalue weighted by Gasteiger charge is 2.30. The molecule has 0 radical (unpaired) electrons. The van der Waals surface area contributed by atoms with Crippen LogP contribution in [0.5, 0.6) is 0 Å². The zero-order chi connectivity index (χ0) is 24.8. The van der Waals surface area contributed by atoms with E-state index in [4.69, 9.17) is 24.4 Å². The predicted octanol–water partition coefficient (Wildman–Crippen LogP) is 5.59. The Morgan fingerprint density at radius 1 is 1.11 bits per heavy atom. The molecule has 9 heteroatoms. The van der Waals surface area contributed by atoms with Gasteiger partial charge >= 0.3 is 0 Å². The molecular formula is C27H27F2N5O2. The third kappa shape index (κ3) is 4.37. The monoisotopic (exact) mass is 491 g/mol. The molecule has 0 amide bonds. The summed E-state index contributed by atoms with van der Waals surface area (Å²) in [4.78, 5) is 14.4. The first-order valence-corrected chi connectivity index (χ1v) is 12.3. The molecule has 6 rings (SSSR count).